The van der Waals surface area contributed by atoms with Crippen molar-refractivity contribution >= 4 is 21.6 Å². The fourth-order valence-corrected chi connectivity index (χ4v) is 4.71. The summed E-state index contributed by atoms with van der Waals surface area (Å²) in [6.07, 6.45) is 8.44. The first kappa shape index (κ1) is 20.5. The third-order valence-corrected chi connectivity index (χ3v) is 7.86. The van der Waals surface area contributed by atoms with Crippen molar-refractivity contribution < 1.29 is 13.2 Å². The first-order chi connectivity index (χ1) is 13.2. The lowest BCUT2D eigenvalue weighted by Crippen LogP contribution is -2.48. The number of hydrogen-bond donors (Lipinski definition) is 1. The van der Waals surface area contributed by atoms with Gasteiger partial charge in [0.25, 0.3) is 5.91 Å². The Balaban J connectivity index is 1.98. The molecule has 0 radical (unpaired) electrons. The summed E-state index contributed by atoms with van der Waals surface area (Å²) in [7, 11) is -3.46. The Bertz CT molecular complexity index is 944. The molecular weight excluding hydrogens is 376 g/mol. The fraction of sp³-hybridized carbons (Fsp3) is 0.550. The lowest BCUT2D eigenvalue weighted by Gasteiger charge is -2.34. The van der Waals surface area contributed by atoms with E-state index in [-0.39, 0.29) is 16.7 Å². The summed E-state index contributed by atoms with van der Waals surface area (Å²) >= 11 is 0. The van der Waals surface area contributed by atoms with Gasteiger partial charge >= 0.3 is 0 Å². The van der Waals surface area contributed by atoms with Crippen molar-refractivity contribution in [1.29, 1.82) is 0 Å². The van der Waals surface area contributed by atoms with Crippen LogP contribution in [0.2, 0.25) is 0 Å². The zero-order valence-electron chi connectivity index (χ0n) is 16.8. The van der Waals surface area contributed by atoms with Crippen LogP contribution in [0.1, 0.15) is 52.0 Å². The maximum Gasteiger partial charge on any atom is 0.253 e. The Morgan fingerprint density at radius 3 is 2.50 bits per heavy atom. The minimum atomic E-state index is -3.46. The Hall–Kier alpha value is -2.22. The molecule has 1 aliphatic carbocycles. The second-order valence-corrected chi connectivity index (χ2v) is 10.5. The summed E-state index contributed by atoms with van der Waals surface area (Å²) < 4.78 is 26.6. The summed E-state index contributed by atoms with van der Waals surface area (Å²) in [4.78, 5) is 17.7. The number of nitrogens with zero attached hydrogens (tertiary/aromatic N) is 3. The van der Waals surface area contributed by atoms with Crippen molar-refractivity contribution in [3.63, 3.8) is 0 Å². The number of pyridine rings is 1. The van der Waals surface area contributed by atoms with E-state index in [4.69, 9.17) is 0 Å². The highest BCUT2D eigenvalue weighted by Crippen LogP contribution is 2.39. The summed E-state index contributed by atoms with van der Waals surface area (Å²) in [6, 6.07) is 3.65. The van der Waals surface area contributed by atoms with Crippen molar-refractivity contribution in [1.82, 2.24) is 14.8 Å². The van der Waals surface area contributed by atoms with Gasteiger partial charge in [0.15, 0.2) is 9.84 Å². The molecule has 3 rings (SSSR count). The Morgan fingerprint density at radius 1 is 1.25 bits per heavy atom. The summed E-state index contributed by atoms with van der Waals surface area (Å²) in [6.45, 7) is 7.05. The molecule has 1 saturated carbocycles. The second kappa shape index (κ2) is 7.66. The Kier molecular flexibility index (Phi) is 5.61. The average Bonchev–Trinajstić information content (AvgIpc) is 3.35. The Labute approximate surface area is 166 Å². The van der Waals surface area contributed by atoms with Gasteiger partial charge in [-0.05, 0) is 58.1 Å². The summed E-state index contributed by atoms with van der Waals surface area (Å²) in [5.41, 5.74) is 0.0144. The number of aromatic nitrogens is 3. The predicted molar refractivity (Wildman–Crippen MR) is 108 cm³/mol. The van der Waals surface area contributed by atoms with Gasteiger partial charge in [-0.25, -0.2) is 13.4 Å². The lowest BCUT2D eigenvalue weighted by atomic mass is 9.83. The number of anilines is 1. The largest absolute Gasteiger partial charge is 0.309 e. The molecule has 7 nitrogen and oxygen atoms in total. The lowest BCUT2D eigenvalue weighted by molar-refractivity contribution is -0.127. The van der Waals surface area contributed by atoms with E-state index in [0.29, 0.717) is 5.82 Å². The number of nitrogens with one attached hydrogen (secondary N) is 1. The predicted octanol–water partition coefficient (Wildman–Crippen LogP) is 3.31. The average molecular weight is 405 g/mol. The number of sulfone groups is 1. The first-order valence-electron chi connectivity index (χ1n) is 9.69. The molecule has 1 amide bonds. The molecule has 8 heteroatoms. The van der Waals surface area contributed by atoms with Crippen molar-refractivity contribution in [2.24, 2.45) is 5.92 Å². The number of hydrogen-bond acceptors (Lipinski definition) is 5. The van der Waals surface area contributed by atoms with Gasteiger partial charge in [-0.2, -0.15) is 5.10 Å². The van der Waals surface area contributed by atoms with E-state index in [1.54, 1.807) is 26.1 Å². The van der Waals surface area contributed by atoms with Crippen LogP contribution in [0.4, 0.5) is 5.82 Å². The quantitative estimate of drug-likeness (QED) is 0.797. The van der Waals surface area contributed by atoms with Crippen LogP contribution in [0.5, 0.6) is 0 Å². The van der Waals surface area contributed by atoms with Crippen molar-refractivity contribution in [3.05, 3.63) is 36.3 Å². The summed E-state index contributed by atoms with van der Waals surface area (Å²) in [5.74, 6) is 0.321. The van der Waals surface area contributed by atoms with Crippen LogP contribution < -0.4 is 5.32 Å². The molecule has 1 fully saturated rings. The molecule has 2 heterocycles. The van der Waals surface area contributed by atoms with Gasteiger partial charge in [-0.1, -0.05) is 18.9 Å². The van der Waals surface area contributed by atoms with Crippen LogP contribution in [0.25, 0.3) is 0 Å². The molecule has 0 spiro atoms. The normalized spacial score (nSPS) is 17.6. The molecule has 28 heavy (non-hydrogen) atoms. The van der Waals surface area contributed by atoms with E-state index >= 15 is 0 Å². The maximum atomic E-state index is 13.3. The molecule has 1 unspecified atom stereocenters. The number of carbonyl (C=O) groups excluding carboxylic acids is 1. The standard InChI is InChI=1S/C20H28N4O3S/c1-14(2)28(26,27)17-12-22-24(13-17)20(4,16-7-5-6-8-16)19(25)23-18-10-9-15(3)11-21-18/h9-14,16H,5-8H2,1-4H3,(H,21,23,25). The van der Waals surface area contributed by atoms with E-state index in [0.717, 1.165) is 31.2 Å². The SMILES string of the molecule is Cc1ccc(NC(=O)C(C)(C2CCCC2)n2cc(S(=O)(=O)C(C)C)cn2)nc1. The zero-order valence-corrected chi connectivity index (χ0v) is 17.7. The molecule has 0 saturated heterocycles. The van der Waals surface area contributed by atoms with Crippen molar-refractivity contribution in [2.75, 3.05) is 5.32 Å². The molecule has 0 aliphatic heterocycles. The molecule has 2 aromatic rings. The van der Waals surface area contributed by atoms with Gasteiger partial charge in [0.2, 0.25) is 0 Å². The number of rotatable bonds is 6. The molecular formula is C20H28N4O3S. The maximum absolute atomic E-state index is 13.3. The first-order valence-corrected chi connectivity index (χ1v) is 11.2. The zero-order chi connectivity index (χ0) is 20.5. The minimum Gasteiger partial charge on any atom is -0.309 e. The fourth-order valence-electron chi connectivity index (χ4n) is 3.73. The van der Waals surface area contributed by atoms with Crippen LogP contribution >= 0.6 is 0 Å². The number of aryl methyl sites for hydroxylation is 1. The topological polar surface area (TPSA) is 94.0 Å². The van der Waals surface area contributed by atoms with Crippen molar-refractivity contribution in [3.8, 4) is 0 Å². The molecule has 152 valence electrons. The van der Waals surface area contributed by atoms with Crippen LogP contribution in [-0.2, 0) is 20.2 Å². The minimum absolute atomic E-state index is 0.0763. The molecule has 0 bridgehead atoms. The third-order valence-electron chi connectivity index (χ3n) is 5.75. The van der Waals surface area contributed by atoms with Gasteiger partial charge in [0.1, 0.15) is 16.3 Å². The van der Waals surface area contributed by atoms with Gasteiger partial charge in [0, 0.05) is 12.4 Å². The molecule has 1 atom stereocenters. The summed E-state index contributed by atoms with van der Waals surface area (Å²) in [5, 5.41) is 6.66. The number of amides is 1. The molecule has 0 aromatic carbocycles. The highest BCUT2D eigenvalue weighted by Gasteiger charge is 2.45. The third kappa shape index (κ3) is 3.70. The molecule has 1 aliphatic rings. The van der Waals surface area contributed by atoms with Gasteiger partial charge in [0.05, 0.1) is 11.4 Å². The highest BCUT2D eigenvalue weighted by molar-refractivity contribution is 7.92. The van der Waals surface area contributed by atoms with Gasteiger partial charge < -0.3 is 5.32 Å². The second-order valence-electron chi connectivity index (χ2n) is 8.02. The van der Waals surface area contributed by atoms with Crippen molar-refractivity contribution in [2.45, 2.75) is 69.1 Å². The molecule has 1 N–H and O–H groups in total. The van der Waals surface area contributed by atoms with E-state index in [1.165, 1.54) is 17.1 Å². The van der Waals surface area contributed by atoms with E-state index in [1.807, 2.05) is 19.9 Å². The van der Waals surface area contributed by atoms with Crippen LogP contribution in [0.3, 0.4) is 0 Å². The highest BCUT2D eigenvalue weighted by atomic mass is 32.2. The van der Waals surface area contributed by atoms with Gasteiger partial charge in [-0.3, -0.25) is 9.48 Å². The van der Waals surface area contributed by atoms with E-state index in [9.17, 15) is 13.2 Å². The van der Waals surface area contributed by atoms with Gasteiger partial charge in [-0.15, -0.1) is 0 Å². The smallest absolute Gasteiger partial charge is 0.253 e. The Morgan fingerprint density at radius 2 is 1.93 bits per heavy atom. The van der Waals surface area contributed by atoms with Crippen LogP contribution in [0.15, 0.2) is 35.6 Å². The number of carbonyl (C=O) groups is 1. The van der Waals surface area contributed by atoms with E-state index < -0.39 is 20.6 Å². The monoisotopic (exact) mass is 404 g/mol. The molecule has 2 aromatic heterocycles. The van der Waals surface area contributed by atoms with Crippen LogP contribution in [-0.4, -0.2) is 34.3 Å². The van der Waals surface area contributed by atoms with Crippen LogP contribution in [0, 0.1) is 12.8 Å². The van der Waals surface area contributed by atoms with E-state index in [2.05, 4.69) is 15.4 Å².